The topological polar surface area (TPSA) is 41.6 Å². The molecule has 1 aliphatic heterocycles. The molecule has 0 unspecified atom stereocenters. The van der Waals surface area contributed by atoms with Crippen LogP contribution in [0.1, 0.15) is 26.3 Å². The molecular formula is C17H26N2O2. The van der Waals surface area contributed by atoms with Gasteiger partial charge in [0.15, 0.2) is 0 Å². The molecule has 1 N–H and O–H groups in total. The summed E-state index contributed by atoms with van der Waals surface area (Å²) in [5, 5.41) is 3.26. The van der Waals surface area contributed by atoms with Gasteiger partial charge in [0.1, 0.15) is 12.4 Å². The molecule has 2 rings (SSSR count). The summed E-state index contributed by atoms with van der Waals surface area (Å²) in [5.74, 6) is 1.00. The number of nitrogens with one attached hydrogen (secondary N) is 1. The van der Waals surface area contributed by atoms with Crippen molar-refractivity contribution in [1.29, 1.82) is 0 Å². The smallest absolute Gasteiger partial charge is 0.231 e. The lowest BCUT2D eigenvalue weighted by atomic mass is 9.92. The maximum absolute atomic E-state index is 12.6. The van der Waals surface area contributed by atoms with E-state index in [9.17, 15) is 4.79 Å². The molecular weight excluding hydrogens is 264 g/mol. The summed E-state index contributed by atoms with van der Waals surface area (Å²) >= 11 is 0. The Labute approximate surface area is 127 Å². The standard InChI is InChI=1S/C17H26N2O2/c1-4-14-5-7-15(8-6-14)21-13-17(2,3)16(20)19-11-9-18-10-12-19/h5-8,18H,4,9-13H2,1-3H3. The van der Waals surface area contributed by atoms with Crippen LogP contribution in [0.25, 0.3) is 0 Å². The van der Waals surface area contributed by atoms with Crippen molar-refractivity contribution in [3.8, 4) is 5.75 Å². The van der Waals surface area contributed by atoms with Crippen molar-refractivity contribution in [3.63, 3.8) is 0 Å². The van der Waals surface area contributed by atoms with E-state index in [1.165, 1.54) is 5.56 Å². The molecule has 0 spiro atoms. The summed E-state index contributed by atoms with van der Waals surface area (Å²) in [5.41, 5.74) is 0.791. The molecule has 0 atom stereocenters. The maximum Gasteiger partial charge on any atom is 0.231 e. The van der Waals surface area contributed by atoms with Crippen molar-refractivity contribution >= 4 is 5.91 Å². The highest BCUT2D eigenvalue weighted by Gasteiger charge is 2.33. The van der Waals surface area contributed by atoms with Crippen LogP contribution < -0.4 is 10.1 Å². The third kappa shape index (κ3) is 4.21. The van der Waals surface area contributed by atoms with Crippen LogP contribution in [-0.4, -0.2) is 43.6 Å². The first-order chi connectivity index (χ1) is 10.0. The number of benzene rings is 1. The monoisotopic (exact) mass is 290 g/mol. The lowest BCUT2D eigenvalue weighted by Gasteiger charge is -2.34. The highest BCUT2D eigenvalue weighted by molar-refractivity contribution is 5.82. The van der Waals surface area contributed by atoms with Gasteiger partial charge in [-0.05, 0) is 38.0 Å². The van der Waals surface area contributed by atoms with Crippen molar-refractivity contribution in [1.82, 2.24) is 10.2 Å². The third-order valence-corrected chi connectivity index (χ3v) is 3.91. The zero-order valence-electron chi connectivity index (χ0n) is 13.3. The number of hydrogen-bond donors (Lipinski definition) is 1. The van der Waals surface area contributed by atoms with Gasteiger partial charge in [-0.3, -0.25) is 4.79 Å². The van der Waals surface area contributed by atoms with Crippen molar-refractivity contribution < 1.29 is 9.53 Å². The van der Waals surface area contributed by atoms with Crippen molar-refractivity contribution in [3.05, 3.63) is 29.8 Å². The summed E-state index contributed by atoms with van der Waals surface area (Å²) in [6, 6.07) is 8.09. The highest BCUT2D eigenvalue weighted by atomic mass is 16.5. The molecule has 21 heavy (non-hydrogen) atoms. The number of amides is 1. The fourth-order valence-electron chi connectivity index (χ4n) is 2.44. The van der Waals surface area contributed by atoms with E-state index >= 15 is 0 Å². The lowest BCUT2D eigenvalue weighted by Crippen LogP contribution is -2.51. The number of nitrogens with zero attached hydrogens (tertiary/aromatic N) is 1. The quantitative estimate of drug-likeness (QED) is 0.903. The van der Waals surface area contributed by atoms with Gasteiger partial charge in [-0.25, -0.2) is 0 Å². The van der Waals surface area contributed by atoms with Crippen LogP contribution in [0, 0.1) is 5.41 Å². The maximum atomic E-state index is 12.6. The van der Waals surface area contributed by atoms with Crippen LogP contribution in [0.15, 0.2) is 24.3 Å². The van der Waals surface area contributed by atoms with Crippen LogP contribution in [0.3, 0.4) is 0 Å². The number of ether oxygens (including phenoxy) is 1. The van der Waals surface area contributed by atoms with Gasteiger partial charge in [0, 0.05) is 26.2 Å². The summed E-state index contributed by atoms with van der Waals surface area (Å²) in [6.07, 6.45) is 1.02. The molecule has 116 valence electrons. The molecule has 0 aromatic heterocycles. The second-order valence-corrected chi connectivity index (χ2v) is 6.21. The van der Waals surface area contributed by atoms with Crippen LogP contribution >= 0.6 is 0 Å². The third-order valence-electron chi connectivity index (χ3n) is 3.91. The summed E-state index contributed by atoms with van der Waals surface area (Å²) in [6.45, 7) is 9.77. The fraction of sp³-hybridized carbons (Fsp3) is 0.588. The summed E-state index contributed by atoms with van der Waals surface area (Å²) < 4.78 is 5.82. The van der Waals surface area contributed by atoms with Gasteiger partial charge < -0.3 is 15.0 Å². The van der Waals surface area contributed by atoms with Gasteiger partial charge >= 0.3 is 0 Å². The molecule has 0 saturated carbocycles. The lowest BCUT2D eigenvalue weighted by molar-refractivity contribution is -0.142. The minimum absolute atomic E-state index is 0.175. The summed E-state index contributed by atoms with van der Waals surface area (Å²) in [7, 11) is 0. The van der Waals surface area contributed by atoms with Crippen LogP contribution in [0.2, 0.25) is 0 Å². The van der Waals surface area contributed by atoms with E-state index in [1.807, 2.05) is 30.9 Å². The van der Waals surface area contributed by atoms with E-state index in [2.05, 4.69) is 24.4 Å². The Morgan fingerprint density at radius 2 is 1.86 bits per heavy atom. The Bertz CT molecular complexity index is 462. The van der Waals surface area contributed by atoms with Gasteiger partial charge in [0.2, 0.25) is 5.91 Å². The second-order valence-electron chi connectivity index (χ2n) is 6.21. The molecule has 0 aliphatic carbocycles. The molecule has 4 nitrogen and oxygen atoms in total. The molecule has 0 bridgehead atoms. The zero-order chi connectivity index (χ0) is 15.3. The predicted molar refractivity (Wildman–Crippen MR) is 84.5 cm³/mol. The number of rotatable bonds is 5. The first-order valence-electron chi connectivity index (χ1n) is 7.75. The van der Waals surface area contributed by atoms with Crippen molar-refractivity contribution in [2.45, 2.75) is 27.2 Å². The number of carbonyl (C=O) groups is 1. The van der Waals surface area contributed by atoms with Gasteiger partial charge in [0.25, 0.3) is 0 Å². The van der Waals surface area contributed by atoms with Gasteiger partial charge in [-0.2, -0.15) is 0 Å². The Morgan fingerprint density at radius 3 is 2.43 bits per heavy atom. The van der Waals surface area contributed by atoms with E-state index in [4.69, 9.17) is 4.74 Å². The van der Waals surface area contributed by atoms with Gasteiger partial charge in [-0.1, -0.05) is 19.1 Å². The van der Waals surface area contributed by atoms with Crippen LogP contribution in [0.5, 0.6) is 5.75 Å². The average Bonchev–Trinajstić information content (AvgIpc) is 2.53. The molecule has 1 saturated heterocycles. The highest BCUT2D eigenvalue weighted by Crippen LogP contribution is 2.22. The van der Waals surface area contributed by atoms with Gasteiger partial charge in [-0.15, -0.1) is 0 Å². The molecule has 1 aromatic rings. The van der Waals surface area contributed by atoms with E-state index < -0.39 is 5.41 Å². The van der Waals surface area contributed by atoms with Crippen LogP contribution in [-0.2, 0) is 11.2 Å². The molecule has 0 radical (unpaired) electrons. The van der Waals surface area contributed by atoms with Crippen LogP contribution in [0.4, 0.5) is 0 Å². The molecule has 1 fully saturated rings. The SMILES string of the molecule is CCc1ccc(OCC(C)(C)C(=O)N2CCNCC2)cc1. The van der Waals surface area contributed by atoms with Gasteiger partial charge in [0.05, 0.1) is 5.41 Å². The van der Waals surface area contributed by atoms with E-state index in [0.717, 1.165) is 38.3 Å². The molecule has 4 heteroatoms. The molecule has 1 amide bonds. The molecule has 1 aromatic carbocycles. The largest absolute Gasteiger partial charge is 0.492 e. The van der Waals surface area contributed by atoms with Crippen molar-refractivity contribution in [2.75, 3.05) is 32.8 Å². The zero-order valence-corrected chi connectivity index (χ0v) is 13.3. The number of piperazine rings is 1. The predicted octanol–water partition coefficient (Wildman–Crippen LogP) is 2.09. The van der Waals surface area contributed by atoms with E-state index in [0.29, 0.717) is 6.61 Å². The number of aryl methyl sites for hydroxylation is 1. The minimum Gasteiger partial charge on any atom is -0.492 e. The number of hydrogen-bond acceptors (Lipinski definition) is 3. The van der Waals surface area contributed by atoms with E-state index in [-0.39, 0.29) is 5.91 Å². The number of carbonyl (C=O) groups excluding carboxylic acids is 1. The Morgan fingerprint density at radius 1 is 1.24 bits per heavy atom. The Hall–Kier alpha value is -1.55. The average molecular weight is 290 g/mol. The molecule has 1 aliphatic rings. The minimum atomic E-state index is -0.499. The first kappa shape index (κ1) is 15.8. The van der Waals surface area contributed by atoms with E-state index in [1.54, 1.807) is 0 Å². The van der Waals surface area contributed by atoms with Crippen molar-refractivity contribution in [2.24, 2.45) is 5.41 Å². The molecule has 1 heterocycles. The Kier molecular flexibility index (Phi) is 5.23. The first-order valence-corrected chi connectivity index (χ1v) is 7.75. The second kappa shape index (κ2) is 6.94. The normalized spacial score (nSPS) is 15.9. The fourth-order valence-corrected chi connectivity index (χ4v) is 2.44. The Balaban J connectivity index is 1.91. The summed E-state index contributed by atoms with van der Waals surface area (Å²) in [4.78, 5) is 14.5.